The molecule has 0 heterocycles. The van der Waals surface area contributed by atoms with Crippen LogP contribution in [-0.2, 0) is 11.3 Å². The number of ether oxygens (including phenoxy) is 2. The average molecular weight is 379 g/mol. The van der Waals surface area contributed by atoms with E-state index in [0.717, 1.165) is 11.1 Å². The minimum absolute atomic E-state index is 0.217. The van der Waals surface area contributed by atoms with E-state index in [4.69, 9.17) is 9.47 Å². The van der Waals surface area contributed by atoms with E-state index in [1.54, 1.807) is 19.2 Å². The third-order valence-corrected chi connectivity index (χ3v) is 4.45. The Morgan fingerprint density at radius 1 is 1.00 bits per heavy atom. The highest BCUT2D eigenvalue weighted by atomic mass is 19.1. The van der Waals surface area contributed by atoms with E-state index < -0.39 is 5.82 Å². The quantitative estimate of drug-likeness (QED) is 0.569. The normalized spacial score (nSPS) is 10.4. The molecule has 0 bridgehead atoms. The second-order valence-corrected chi connectivity index (χ2v) is 6.42. The van der Waals surface area contributed by atoms with Crippen molar-refractivity contribution in [1.29, 1.82) is 0 Å². The van der Waals surface area contributed by atoms with Gasteiger partial charge in [-0.05, 0) is 54.4 Å². The van der Waals surface area contributed by atoms with E-state index in [2.05, 4.69) is 0 Å². The van der Waals surface area contributed by atoms with E-state index in [9.17, 15) is 9.18 Å². The number of carbonyl (C=O) groups is 1. The molecule has 1 amide bonds. The van der Waals surface area contributed by atoms with Crippen LogP contribution in [0.1, 0.15) is 18.1 Å². The molecule has 0 saturated carbocycles. The molecule has 0 aromatic heterocycles. The highest BCUT2D eigenvalue weighted by molar-refractivity contribution is 5.93. The molecule has 4 nitrogen and oxygen atoms in total. The predicted octanol–water partition coefficient (Wildman–Crippen LogP) is 5.49. The van der Waals surface area contributed by atoms with E-state index in [1.807, 2.05) is 43.3 Å². The zero-order valence-corrected chi connectivity index (χ0v) is 16.1. The number of carbonyl (C=O) groups excluding carboxylic acids is 1. The molecule has 3 aromatic carbocycles. The van der Waals surface area contributed by atoms with Crippen molar-refractivity contribution in [2.75, 3.05) is 12.0 Å². The predicted molar refractivity (Wildman–Crippen MR) is 108 cm³/mol. The Hall–Kier alpha value is -3.34. The Labute approximate surface area is 164 Å². The van der Waals surface area contributed by atoms with Crippen molar-refractivity contribution >= 4 is 11.6 Å². The van der Waals surface area contributed by atoms with Crippen molar-refractivity contribution in [2.45, 2.75) is 20.4 Å². The molecule has 144 valence electrons. The summed E-state index contributed by atoms with van der Waals surface area (Å²) in [5.41, 5.74) is 2.29. The van der Waals surface area contributed by atoms with Gasteiger partial charge in [-0.1, -0.05) is 24.3 Å². The highest BCUT2D eigenvalue weighted by Crippen LogP contribution is 2.34. The van der Waals surface area contributed by atoms with E-state index in [0.29, 0.717) is 22.9 Å². The first-order valence-corrected chi connectivity index (χ1v) is 8.92. The van der Waals surface area contributed by atoms with Gasteiger partial charge >= 0.3 is 0 Å². The Kier molecular flexibility index (Phi) is 5.94. The van der Waals surface area contributed by atoms with Gasteiger partial charge < -0.3 is 14.4 Å². The summed E-state index contributed by atoms with van der Waals surface area (Å²) in [5.74, 6) is 1.05. The second-order valence-electron chi connectivity index (χ2n) is 6.42. The van der Waals surface area contributed by atoms with E-state index >= 15 is 0 Å². The summed E-state index contributed by atoms with van der Waals surface area (Å²) in [6.45, 7) is 3.68. The average Bonchev–Trinajstić information content (AvgIpc) is 2.69. The summed E-state index contributed by atoms with van der Waals surface area (Å²) in [5, 5.41) is 0. The lowest BCUT2D eigenvalue weighted by Crippen LogP contribution is -2.28. The van der Waals surface area contributed by atoms with Crippen LogP contribution in [0.15, 0.2) is 66.7 Å². The summed E-state index contributed by atoms with van der Waals surface area (Å²) in [4.78, 5) is 14.0. The van der Waals surface area contributed by atoms with Crippen molar-refractivity contribution in [3.05, 3.63) is 83.7 Å². The molecule has 0 N–H and O–H groups in total. The summed E-state index contributed by atoms with van der Waals surface area (Å²) in [6.07, 6.45) is 0. The number of nitrogens with zero attached hydrogens (tertiary/aromatic N) is 1. The van der Waals surface area contributed by atoms with Gasteiger partial charge in [0.15, 0.2) is 5.75 Å². The zero-order valence-electron chi connectivity index (χ0n) is 16.1. The number of methoxy groups -OCH3 is 1. The molecule has 0 aliphatic rings. The van der Waals surface area contributed by atoms with Crippen LogP contribution in [0, 0.1) is 12.7 Å². The number of halogens is 1. The molecule has 3 rings (SSSR count). The molecule has 3 aromatic rings. The minimum atomic E-state index is -0.441. The SMILES string of the molecule is COc1ccc(C)c(CN(C(C)=O)c2cc(F)ccc2Oc2ccccc2)c1. The molecule has 0 spiro atoms. The van der Waals surface area contributed by atoms with Crippen molar-refractivity contribution in [3.8, 4) is 17.2 Å². The molecule has 0 saturated heterocycles. The van der Waals surface area contributed by atoms with Crippen LogP contribution in [0.5, 0.6) is 17.2 Å². The maximum absolute atomic E-state index is 14.0. The lowest BCUT2D eigenvalue weighted by molar-refractivity contribution is -0.116. The molecule has 0 aliphatic heterocycles. The number of benzene rings is 3. The number of para-hydroxylation sites is 1. The van der Waals surface area contributed by atoms with Crippen LogP contribution in [0.2, 0.25) is 0 Å². The van der Waals surface area contributed by atoms with Gasteiger partial charge in [0.25, 0.3) is 0 Å². The highest BCUT2D eigenvalue weighted by Gasteiger charge is 2.19. The monoisotopic (exact) mass is 379 g/mol. The molecule has 0 aliphatic carbocycles. The summed E-state index contributed by atoms with van der Waals surface area (Å²) in [7, 11) is 1.59. The van der Waals surface area contributed by atoms with Gasteiger partial charge in [-0.25, -0.2) is 4.39 Å². The topological polar surface area (TPSA) is 38.8 Å². The summed E-state index contributed by atoms with van der Waals surface area (Å²) in [6, 6.07) is 19.0. The van der Waals surface area contributed by atoms with Crippen molar-refractivity contribution in [2.24, 2.45) is 0 Å². The summed E-state index contributed by atoms with van der Waals surface area (Å²) < 4.78 is 25.2. The minimum Gasteiger partial charge on any atom is -0.497 e. The maximum Gasteiger partial charge on any atom is 0.224 e. The number of aryl methyl sites for hydroxylation is 1. The van der Waals surface area contributed by atoms with Gasteiger partial charge in [0.2, 0.25) is 5.91 Å². The Morgan fingerprint density at radius 3 is 2.43 bits per heavy atom. The number of rotatable bonds is 6. The molecule has 5 heteroatoms. The van der Waals surface area contributed by atoms with Crippen LogP contribution in [0.4, 0.5) is 10.1 Å². The van der Waals surface area contributed by atoms with Gasteiger partial charge in [-0.15, -0.1) is 0 Å². The Bertz CT molecular complexity index is 973. The van der Waals surface area contributed by atoms with Gasteiger partial charge in [-0.2, -0.15) is 0 Å². The van der Waals surface area contributed by atoms with Crippen molar-refractivity contribution in [3.63, 3.8) is 0 Å². The third kappa shape index (κ3) is 4.49. The molecule has 0 fully saturated rings. The fourth-order valence-electron chi connectivity index (χ4n) is 2.88. The molecule has 0 radical (unpaired) electrons. The van der Waals surface area contributed by atoms with Gasteiger partial charge in [0.05, 0.1) is 19.3 Å². The third-order valence-electron chi connectivity index (χ3n) is 4.45. The van der Waals surface area contributed by atoms with Crippen LogP contribution in [0.25, 0.3) is 0 Å². The van der Waals surface area contributed by atoms with Gasteiger partial charge in [0, 0.05) is 13.0 Å². The smallest absolute Gasteiger partial charge is 0.224 e. The van der Waals surface area contributed by atoms with Crippen LogP contribution >= 0.6 is 0 Å². The van der Waals surface area contributed by atoms with Crippen LogP contribution in [0.3, 0.4) is 0 Å². The van der Waals surface area contributed by atoms with Gasteiger partial charge in [-0.3, -0.25) is 4.79 Å². The zero-order chi connectivity index (χ0) is 20.1. The lowest BCUT2D eigenvalue weighted by atomic mass is 10.1. The van der Waals surface area contributed by atoms with Crippen molar-refractivity contribution < 1.29 is 18.7 Å². The Balaban J connectivity index is 2.00. The Morgan fingerprint density at radius 2 is 1.75 bits per heavy atom. The first kappa shape index (κ1) is 19.4. The molecule has 0 atom stereocenters. The number of hydrogen-bond donors (Lipinski definition) is 0. The molecule has 0 unspecified atom stereocenters. The molecular weight excluding hydrogens is 357 g/mol. The summed E-state index contributed by atoms with van der Waals surface area (Å²) >= 11 is 0. The fourth-order valence-corrected chi connectivity index (χ4v) is 2.88. The van der Waals surface area contributed by atoms with Crippen LogP contribution < -0.4 is 14.4 Å². The standard InChI is InChI=1S/C23H22FNO3/c1-16-9-11-21(27-3)13-18(16)15-25(17(2)26)22-14-19(24)10-12-23(22)28-20-7-5-4-6-8-20/h4-14H,15H2,1-3H3. The van der Waals surface area contributed by atoms with E-state index in [1.165, 1.54) is 30.0 Å². The fraction of sp³-hybridized carbons (Fsp3) is 0.174. The number of amides is 1. The second kappa shape index (κ2) is 8.57. The number of anilines is 1. The maximum atomic E-state index is 14.0. The first-order chi connectivity index (χ1) is 13.5. The largest absolute Gasteiger partial charge is 0.497 e. The number of hydrogen-bond acceptors (Lipinski definition) is 3. The molecular formula is C23H22FNO3. The van der Waals surface area contributed by atoms with Crippen molar-refractivity contribution in [1.82, 2.24) is 0 Å². The first-order valence-electron chi connectivity index (χ1n) is 8.92. The van der Waals surface area contributed by atoms with Crippen LogP contribution in [-0.4, -0.2) is 13.0 Å². The lowest BCUT2D eigenvalue weighted by Gasteiger charge is -2.25. The molecule has 28 heavy (non-hydrogen) atoms. The van der Waals surface area contributed by atoms with Gasteiger partial charge in [0.1, 0.15) is 17.3 Å². The van der Waals surface area contributed by atoms with E-state index in [-0.39, 0.29) is 12.5 Å².